The molecule has 0 bridgehead atoms. The third-order valence-corrected chi connectivity index (χ3v) is 4.96. The summed E-state index contributed by atoms with van der Waals surface area (Å²) in [6, 6.07) is 15.2. The molecule has 0 aromatic heterocycles. The molecule has 0 spiro atoms. The molecule has 2 aromatic rings. The first-order chi connectivity index (χ1) is 13.5. The summed E-state index contributed by atoms with van der Waals surface area (Å²) in [5.41, 5.74) is 3.17. The number of anilines is 1. The third-order valence-electron chi connectivity index (χ3n) is 4.96. The number of nitrogens with one attached hydrogen (secondary N) is 2. The number of amides is 2. The van der Waals surface area contributed by atoms with E-state index in [-0.39, 0.29) is 18.0 Å². The molecule has 2 amide bonds. The Balaban J connectivity index is 1.77. The fourth-order valence-electron chi connectivity index (χ4n) is 3.48. The highest BCUT2D eigenvalue weighted by Crippen LogP contribution is 2.34. The van der Waals surface area contributed by atoms with Crippen molar-refractivity contribution in [3.8, 4) is 0 Å². The zero-order valence-corrected chi connectivity index (χ0v) is 16.9. The predicted octanol–water partition coefficient (Wildman–Crippen LogP) is 4.44. The maximum atomic E-state index is 12.8. The Bertz CT molecular complexity index is 847. The Morgan fingerprint density at radius 1 is 1.14 bits per heavy atom. The molecule has 1 aliphatic heterocycles. The van der Waals surface area contributed by atoms with Gasteiger partial charge in [-0.3, -0.25) is 9.59 Å². The van der Waals surface area contributed by atoms with Crippen molar-refractivity contribution in [3.63, 3.8) is 0 Å². The SMILES string of the molecule is CCCN1C(=O)c2ccccc2[C@@H]1Nc1cccc(C(=O)NCCC(C)C)c1. The zero-order chi connectivity index (χ0) is 20.1. The minimum Gasteiger partial charge on any atom is -0.361 e. The second-order valence-corrected chi connectivity index (χ2v) is 7.65. The molecule has 3 rings (SSSR count). The molecule has 28 heavy (non-hydrogen) atoms. The number of nitrogens with zero attached hydrogens (tertiary/aromatic N) is 1. The van der Waals surface area contributed by atoms with Crippen LogP contribution in [0.25, 0.3) is 0 Å². The van der Waals surface area contributed by atoms with Gasteiger partial charge in [0.05, 0.1) is 0 Å². The van der Waals surface area contributed by atoms with Gasteiger partial charge in [0.25, 0.3) is 11.8 Å². The molecule has 0 saturated carbocycles. The number of fused-ring (bicyclic) bond motifs is 1. The zero-order valence-electron chi connectivity index (χ0n) is 16.9. The molecule has 0 radical (unpaired) electrons. The van der Waals surface area contributed by atoms with Gasteiger partial charge in [-0.05, 0) is 43.0 Å². The highest BCUT2D eigenvalue weighted by molar-refractivity contribution is 5.99. The van der Waals surface area contributed by atoms with E-state index in [2.05, 4.69) is 31.4 Å². The van der Waals surface area contributed by atoms with E-state index in [9.17, 15) is 9.59 Å². The maximum absolute atomic E-state index is 12.8. The van der Waals surface area contributed by atoms with Crippen molar-refractivity contribution in [2.24, 2.45) is 5.92 Å². The van der Waals surface area contributed by atoms with E-state index in [4.69, 9.17) is 0 Å². The normalized spacial score (nSPS) is 15.6. The first kappa shape index (κ1) is 19.9. The molecular formula is C23H29N3O2. The summed E-state index contributed by atoms with van der Waals surface area (Å²) in [4.78, 5) is 27.0. The van der Waals surface area contributed by atoms with Crippen LogP contribution in [0.5, 0.6) is 0 Å². The summed E-state index contributed by atoms with van der Waals surface area (Å²) < 4.78 is 0. The smallest absolute Gasteiger partial charge is 0.256 e. The van der Waals surface area contributed by atoms with Gasteiger partial charge in [0.1, 0.15) is 6.17 Å². The van der Waals surface area contributed by atoms with Gasteiger partial charge in [-0.1, -0.05) is 45.0 Å². The Hall–Kier alpha value is -2.82. The van der Waals surface area contributed by atoms with E-state index in [1.807, 2.05) is 53.4 Å². The molecule has 0 fully saturated rings. The van der Waals surface area contributed by atoms with Crippen molar-refractivity contribution in [2.45, 2.75) is 39.8 Å². The lowest BCUT2D eigenvalue weighted by Gasteiger charge is -2.27. The first-order valence-corrected chi connectivity index (χ1v) is 10.1. The van der Waals surface area contributed by atoms with Gasteiger partial charge >= 0.3 is 0 Å². The van der Waals surface area contributed by atoms with Crippen LogP contribution >= 0.6 is 0 Å². The van der Waals surface area contributed by atoms with E-state index in [1.54, 1.807) is 0 Å². The van der Waals surface area contributed by atoms with E-state index in [0.29, 0.717) is 24.6 Å². The van der Waals surface area contributed by atoms with Crippen LogP contribution in [0.1, 0.15) is 66.1 Å². The maximum Gasteiger partial charge on any atom is 0.256 e. The number of hydrogen-bond donors (Lipinski definition) is 2. The van der Waals surface area contributed by atoms with Gasteiger partial charge in [0.15, 0.2) is 0 Å². The van der Waals surface area contributed by atoms with Crippen LogP contribution in [-0.4, -0.2) is 29.8 Å². The fourth-order valence-corrected chi connectivity index (χ4v) is 3.48. The van der Waals surface area contributed by atoms with Gasteiger partial charge in [-0.15, -0.1) is 0 Å². The molecule has 0 aliphatic carbocycles. The minimum atomic E-state index is -0.220. The number of hydrogen-bond acceptors (Lipinski definition) is 3. The van der Waals surface area contributed by atoms with E-state index in [0.717, 1.165) is 29.7 Å². The quantitative estimate of drug-likeness (QED) is 0.713. The Labute approximate surface area is 167 Å². The molecule has 1 atom stereocenters. The topological polar surface area (TPSA) is 61.4 Å². The van der Waals surface area contributed by atoms with Gasteiger partial charge in [0, 0.05) is 35.5 Å². The van der Waals surface area contributed by atoms with Crippen LogP contribution in [0.15, 0.2) is 48.5 Å². The van der Waals surface area contributed by atoms with E-state index >= 15 is 0 Å². The van der Waals surface area contributed by atoms with Crippen LogP contribution in [0, 0.1) is 5.92 Å². The van der Waals surface area contributed by atoms with Crippen LogP contribution < -0.4 is 10.6 Å². The van der Waals surface area contributed by atoms with Crippen molar-refractivity contribution in [1.29, 1.82) is 0 Å². The van der Waals surface area contributed by atoms with Gasteiger partial charge in [0.2, 0.25) is 0 Å². The Morgan fingerprint density at radius 3 is 2.68 bits per heavy atom. The van der Waals surface area contributed by atoms with Crippen LogP contribution in [0.3, 0.4) is 0 Å². The average Bonchev–Trinajstić information content (AvgIpc) is 2.94. The number of benzene rings is 2. The summed E-state index contributed by atoms with van der Waals surface area (Å²) in [6.07, 6.45) is 1.62. The number of carbonyl (C=O) groups excluding carboxylic acids is 2. The molecule has 2 N–H and O–H groups in total. The summed E-state index contributed by atoms with van der Waals surface area (Å²) in [7, 11) is 0. The summed E-state index contributed by atoms with van der Waals surface area (Å²) in [5.74, 6) is 0.535. The third kappa shape index (κ3) is 4.35. The highest BCUT2D eigenvalue weighted by Gasteiger charge is 2.35. The van der Waals surface area contributed by atoms with Crippen LogP contribution in [0.4, 0.5) is 5.69 Å². The van der Waals surface area contributed by atoms with Crippen LogP contribution in [-0.2, 0) is 0 Å². The van der Waals surface area contributed by atoms with Gasteiger partial charge in [-0.25, -0.2) is 0 Å². The lowest BCUT2D eigenvalue weighted by Crippen LogP contribution is -2.33. The molecule has 1 heterocycles. The summed E-state index contributed by atoms with van der Waals surface area (Å²) >= 11 is 0. The minimum absolute atomic E-state index is 0.0533. The molecule has 148 valence electrons. The van der Waals surface area contributed by atoms with E-state index in [1.165, 1.54) is 0 Å². The lowest BCUT2D eigenvalue weighted by atomic mass is 10.1. The second-order valence-electron chi connectivity index (χ2n) is 7.65. The average molecular weight is 380 g/mol. The number of carbonyl (C=O) groups is 2. The van der Waals surface area contributed by atoms with E-state index < -0.39 is 0 Å². The molecule has 1 aliphatic rings. The Morgan fingerprint density at radius 2 is 1.93 bits per heavy atom. The second kappa shape index (κ2) is 8.91. The van der Waals surface area contributed by atoms with Gasteiger partial charge < -0.3 is 15.5 Å². The van der Waals surface area contributed by atoms with Crippen LogP contribution in [0.2, 0.25) is 0 Å². The molecule has 0 unspecified atom stereocenters. The monoisotopic (exact) mass is 379 g/mol. The summed E-state index contributed by atoms with van der Waals surface area (Å²) in [5, 5.41) is 6.43. The molecule has 2 aromatic carbocycles. The number of rotatable bonds is 8. The fraction of sp³-hybridized carbons (Fsp3) is 0.391. The largest absolute Gasteiger partial charge is 0.361 e. The molecular weight excluding hydrogens is 350 g/mol. The standard InChI is InChI=1S/C23H29N3O2/c1-4-14-26-21(19-10-5-6-11-20(19)23(26)28)25-18-9-7-8-17(15-18)22(27)24-13-12-16(2)3/h5-11,15-16,21,25H,4,12-14H2,1-3H3,(H,24,27)/t21-/m1/s1. The molecule has 5 nitrogen and oxygen atoms in total. The lowest BCUT2D eigenvalue weighted by molar-refractivity contribution is 0.0742. The van der Waals surface area contributed by atoms with Crippen molar-refractivity contribution in [1.82, 2.24) is 10.2 Å². The van der Waals surface area contributed by atoms with Crippen molar-refractivity contribution < 1.29 is 9.59 Å². The molecule has 5 heteroatoms. The van der Waals surface area contributed by atoms with Crippen molar-refractivity contribution in [2.75, 3.05) is 18.4 Å². The summed E-state index contributed by atoms with van der Waals surface area (Å²) in [6.45, 7) is 7.69. The highest BCUT2D eigenvalue weighted by atomic mass is 16.2. The van der Waals surface area contributed by atoms with Crippen molar-refractivity contribution >= 4 is 17.5 Å². The Kier molecular flexibility index (Phi) is 6.34. The van der Waals surface area contributed by atoms with Gasteiger partial charge in [-0.2, -0.15) is 0 Å². The predicted molar refractivity (Wildman–Crippen MR) is 112 cm³/mol. The molecule has 0 saturated heterocycles. The first-order valence-electron chi connectivity index (χ1n) is 10.1. The van der Waals surface area contributed by atoms with Crippen molar-refractivity contribution in [3.05, 3.63) is 65.2 Å².